The summed E-state index contributed by atoms with van der Waals surface area (Å²) in [5.74, 6) is 1.81. The van der Waals surface area contributed by atoms with Gasteiger partial charge in [-0.25, -0.2) is 4.98 Å². The van der Waals surface area contributed by atoms with Gasteiger partial charge < -0.3 is 25.0 Å². The molecule has 0 bridgehead atoms. The number of anilines is 1. The molecule has 0 aliphatic carbocycles. The fourth-order valence-corrected chi connectivity index (χ4v) is 4.90. The molecule has 5 rings (SSSR count). The molecule has 2 N–H and O–H groups in total. The quantitative estimate of drug-likeness (QED) is 0.543. The summed E-state index contributed by atoms with van der Waals surface area (Å²) in [5, 5.41) is 7.18. The fraction of sp³-hybridized carbons (Fsp3) is 0.385. The SMILES string of the molecule is CNCCOc1ccc(-c2cc(N3CCC4(CCNC4=O)C3)c3ccc(OC)cc3n2)cc1. The molecule has 2 aromatic carbocycles. The van der Waals surface area contributed by atoms with Gasteiger partial charge in [-0.1, -0.05) is 0 Å². The molecule has 1 spiro atoms. The molecule has 0 radical (unpaired) electrons. The van der Waals surface area contributed by atoms with Crippen LogP contribution in [0.2, 0.25) is 0 Å². The zero-order valence-corrected chi connectivity index (χ0v) is 19.2. The number of likely N-dealkylation sites (N-methyl/N-ethyl adjacent to an activating group) is 1. The number of ether oxygens (including phenoxy) is 2. The maximum Gasteiger partial charge on any atom is 0.228 e. The second-order valence-corrected chi connectivity index (χ2v) is 8.84. The lowest BCUT2D eigenvalue weighted by atomic mass is 9.86. The molecule has 0 saturated carbocycles. The normalized spacial score (nSPS) is 19.9. The Morgan fingerprint density at radius 2 is 1.94 bits per heavy atom. The predicted molar refractivity (Wildman–Crippen MR) is 130 cm³/mol. The first-order chi connectivity index (χ1) is 16.1. The third kappa shape index (κ3) is 4.09. The van der Waals surface area contributed by atoms with E-state index in [0.717, 1.165) is 78.4 Å². The van der Waals surface area contributed by atoms with E-state index in [4.69, 9.17) is 14.5 Å². The summed E-state index contributed by atoms with van der Waals surface area (Å²) in [7, 11) is 3.58. The second-order valence-electron chi connectivity index (χ2n) is 8.84. The lowest BCUT2D eigenvalue weighted by Crippen LogP contribution is -2.34. The van der Waals surface area contributed by atoms with Crippen molar-refractivity contribution in [1.29, 1.82) is 0 Å². The standard InChI is InChI=1S/C26H30N4O3/c1-27-12-14-33-19-5-3-18(4-6-19)22-16-24(21-8-7-20(32-2)15-23(21)29-22)30-13-10-26(17-30)9-11-28-25(26)31/h3-8,15-16,27H,9-14,17H2,1-2H3,(H,28,31). The van der Waals surface area contributed by atoms with E-state index in [1.165, 1.54) is 0 Å². The molecule has 2 saturated heterocycles. The molecule has 1 unspecified atom stereocenters. The fourth-order valence-electron chi connectivity index (χ4n) is 4.90. The van der Waals surface area contributed by atoms with Crippen LogP contribution in [-0.4, -0.2) is 57.8 Å². The monoisotopic (exact) mass is 446 g/mol. The first-order valence-electron chi connectivity index (χ1n) is 11.5. The molecular weight excluding hydrogens is 416 g/mol. The van der Waals surface area contributed by atoms with Crippen molar-refractivity contribution in [3.05, 3.63) is 48.5 Å². The van der Waals surface area contributed by atoms with Gasteiger partial charge in [0, 0.05) is 48.9 Å². The van der Waals surface area contributed by atoms with Crippen LogP contribution in [0.3, 0.4) is 0 Å². The second kappa shape index (κ2) is 8.90. The Kier molecular flexibility index (Phi) is 5.81. The number of hydrogen-bond acceptors (Lipinski definition) is 6. The number of nitrogens with one attached hydrogen (secondary N) is 2. The summed E-state index contributed by atoms with van der Waals surface area (Å²) < 4.78 is 11.2. The van der Waals surface area contributed by atoms with Gasteiger partial charge in [0.2, 0.25) is 5.91 Å². The minimum atomic E-state index is -0.269. The van der Waals surface area contributed by atoms with Crippen LogP contribution in [0.1, 0.15) is 12.8 Å². The highest BCUT2D eigenvalue weighted by Crippen LogP contribution is 2.42. The number of benzene rings is 2. The van der Waals surface area contributed by atoms with E-state index in [2.05, 4.69) is 27.7 Å². The number of nitrogens with zero attached hydrogens (tertiary/aromatic N) is 2. The van der Waals surface area contributed by atoms with Gasteiger partial charge in [0.05, 0.1) is 23.7 Å². The zero-order valence-electron chi connectivity index (χ0n) is 19.2. The molecule has 2 fully saturated rings. The van der Waals surface area contributed by atoms with Gasteiger partial charge in [0.1, 0.15) is 18.1 Å². The van der Waals surface area contributed by atoms with Crippen LogP contribution in [0.4, 0.5) is 5.69 Å². The van der Waals surface area contributed by atoms with Crippen molar-refractivity contribution >= 4 is 22.5 Å². The number of carbonyl (C=O) groups is 1. The van der Waals surface area contributed by atoms with Crippen molar-refractivity contribution in [3.63, 3.8) is 0 Å². The Morgan fingerprint density at radius 3 is 2.67 bits per heavy atom. The first-order valence-corrected chi connectivity index (χ1v) is 11.5. The van der Waals surface area contributed by atoms with Crippen LogP contribution < -0.4 is 25.0 Å². The van der Waals surface area contributed by atoms with Crippen LogP contribution in [-0.2, 0) is 4.79 Å². The number of aromatic nitrogens is 1. The number of fused-ring (bicyclic) bond motifs is 1. The van der Waals surface area contributed by atoms with Gasteiger partial charge in [0.25, 0.3) is 0 Å². The third-order valence-electron chi connectivity index (χ3n) is 6.83. The molecule has 2 aliphatic rings. The maximum atomic E-state index is 12.6. The third-order valence-corrected chi connectivity index (χ3v) is 6.83. The average Bonchev–Trinajstić information content (AvgIpc) is 3.44. The van der Waals surface area contributed by atoms with Crippen LogP contribution >= 0.6 is 0 Å². The minimum absolute atomic E-state index is 0.194. The van der Waals surface area contributed by atoms with Gasteiger partial charge in [-0.05, 0) is 62.4 Å². The van der Waals surface area contributed by atoms with Gasteiger partial charge in [-0.15, -0.1) is 0 Å². The first kappa shape index (κ1) is 21.5. The summed E-state index contributed by atoms with van der Waals surface area (Å²) in [4.78, 5) is 19.9. The number of hydrogen-bond donors (Lipinski definition) is 2. The molecule has 172 valence electrons. The number of amides is 1. The Morgan fingerprint density at radius 1 is 1.12 bits per heavy atom. The van der Waals surface area contributed by atoms with Crippen molar-refractivity contribution in [2.45, 2.75) is 12.8 Å². The van der Waals surface area contributed by atoms with Gasteiger partial charge >= 0.3 is 0 Å². The lowest BCUT2D eigenvalue weighted by molar-refractivity contribution is -0.126. The Hall–Kier alpha value is -3.32. The largest absolute Gasteiger partial charge is 0.497 e. The molecule has 2 aliphatic heterocycles. The van der Waals surface area contributed by atoms with Gasteiger partial charge in [-0.3, -0.25) is 4.79 Å². The van der Waals surface area contributed by atoms with Crippen molar-refractivity contribution in [3.8, 4) is 22.8 Å². The van der Waals surface area contributed by atoms with E-state index >= 15 is 0 Å². The lowest BCUT2D eigenvalue weighted by Gasteiger charge is -2.24. The van der Waals surface area contributed by atoms with Crippen LogP contribution in [0.15, 0.2) is 48.5 Å². The Labute approximate surface area is 194 Å². The zero-order chi connectivity index (χ0) is 22.8. The van der Waals surface area contributed by atoms with E-state index in [-0.39, 0.29) is 11.3 Å². The molecule has 1 aromatic heterocycles. The van der Waals surface area contributed by atoms with E-state index in [0.29, 0.717) is 6.61 Å². The van der Waals surface area contributed by atoms with Crippen molar-refractivity contribution in [2.24, 2.45) is 5.41 Å². The number of rotatable bonds is 7. The van der Waals surface area contributed by atoms with E-state index in [9.17, 15) is 4.79 Å². The summed E-state index contributed by atoms with van der Waals surface area (Å²) in [6, 6.07) is 16.2. The van der Waals surface area contributed by atoms with Crippen molar-refractivity contribution in [1.82, 2.24) is 15.6 Å². The molecule has 1 amide bonds. The summed E-state index contributed by atoms with van der Waals surface area (Å²) in [5.41, 5.74) is 3.64. The van der Waals surface area contributed by atoms with Crippen LogP contribution in [0.25, 0.3) is 22.2 Å². The number of pyridine rings is 1. The molecule has 7 nitrogen and oxygen atoms in total. The molecule has 1 atom stereocenters. The Bertz CT molecular complexity index is 1160. The van der Waals surface area contributed by atoms with Gasteiger partial charge in [-0.2, -0.15) is 0 Å². The predicted octanol–water partition coefficient (Wildman–Crippen LogP) is 3.23. The van der Waals surface area contributed by atoms with Crippen LogP contribution in [0.5, 0.6) is 11.5 Å². The molecule has 3 aromatic rings. The van der Waals surface area contributed by atoms with Crippen molar-refractivity contribution < 1.29 is 14.3 Å². The summed E-state index contributed by atoms with van der Waals surface area (Å²) in [6.07, 6.45) is 1.79. The van der Waals surface area contributed by atoms with E-state index in [1.54, 1.807) is 7.11 Å². The van der Waals surface area contributed by atoms with Gasteiger partial charge in [0.15, 0.2) is 0 Å². The average molecular weight is 447 g/mol. The summed E-state index contributed by atoms with van der Waals surface area (Å²) in [6.45, 7) is 3.79. The smallest absolute Gasteiger partial charge is 0.228 e. The number of methoxy groups -OCH3 is 1. The molecule has 3 heterocycles. The molecule has 33 heavy (non-hydrogen) atoms. The topological polar surface area (TPSA) is 75.7 Å². The van der Waals surface area contributed by atoms with Crippen molar-refractivity contribution in [2.75, 3.05) is 51.8 Å². The highest BCUT2D eigenvalue weighted by Gasteiger charge is 2.47. The number of carbonyl (C=O) groups excluding carboxylic acids is 1. The Balaban J connectivity index is 1.51. The summed E-state index contributed by atoms with van der Waals surface area (Å²) >= 11 is 0. The van der Waals surface area contributed by atoms with E-state index < -0.39 is 0 Å². The minimum Gasteiger partial charge on any atom is -0.497 e. The highest BCUT2D eigenvalue weighted by atomic mass is 16.5. The molecule has 7 heteroatoms. The maximum absolute atomic E-state index is 12.6. The van der Waals surface area contributed by atoms with Crippen LogP contribution in [0, 0.1) is 5.41 Å². The molecular formula is C26H30N4O3. The van der Waals surface area contributed by atoms with E-state index in [1.807, 2.05) is 43.4 Å². The highest BCUT2D eigenvalue weighted by molar-refractivity contribution is 5.96.